The summed E-state index contributed by atoms with van der Waals surface area (Å²) in [6, 6.07) is 14.1. The Morgan fingerprint density at radius 3 is 2.11 bits per heavy atom. The molecule has 0 aliphatic heterocycles. The summed E-state index contributed by atoms with van der Waals surface area (Å²) in [5.74, 6) is 0.873. The van der Waals surface area contributed by atoms with Crippen molar-refractivity contribution in [3.63, 3.8) is 0 Å². The van der Waals surface area contributed by atoms with E-state index < -0.39 is 0 Å². The third-order valence-electron chi connectivity index (χ3n) is 2.82. The molecule has 0 aliphatic carbocycles. The second-order valence-corrected chi connectivity index (χ2v) is 4.25. The topological polar surface area (TPSA) is 35.2 Å². The van der Waals surface area contributed by atoms with Gasteiger partial charge in [0.2, 0.25) is 0 Å². The molecule has 0 unspecified atom stereocenters. The van der Waals surface area contributed by atoms with Crippen molar-refractivity contribution in [2.75, 3.05) is 5.73 Å². The van der Waals surface area contributed by atoms with E-state index in [2.05, 4.69) is 12.1 Å². The zero-order valence-corrected chi connectivity index (χ0v) is 11.5. The molecule has 0 bridgehead atoms. The summed E-state index contributed by atoms with van der Waals surface area (Å²) < 4.78 is 5.75. The Balaban J connectivity index is 0.00000162. The minimum Gasteiger partial charge on any atom is -0.489 e. The minimum atomic E-state index is 0. The van der Waals surface area contributed by atoms with E-state index in [1.807, 2.05) is 44.2 Å². The van der Waals surface area contributed by atoms with E-state index in [0.717, 1.165) is 22.6 Å². The monoisotopic (exact) mass is 263 g/mol. The van der Waals surface area contributed by atoms with Crippen LogP contribution in [0.25, 0.3) is 0 Å². The quantitative estimate of drug-likeness (QED) is 0.853. The lowest BCUT2D eigenvalue weighted by Crippen LogP contribution is -1.98. The lowest BCUT2D eigenvalue weighted by Gasteiger charge is -2.10. The van der Waals surface area contributed by atoms with Gasteiger partial charge in [0.05, 0.1) is 0 Å². The van der Waals surface area contributed by atoms with E-state index in [1.54, 1.807) is 0 Å². The molecular formula is C15H18ClNO. The van der Waals surface area contributed by atoms with Crippen molar-refractivity contribution in [2.24, 2.45) is 0 Å². The fraction of sp³-hybridized carbons (Fsp3) is 0.200. The first-order valence-electron chi connectivity index (χ1n) is 5.70. The molecule has 0 spiro atoms. The van der Waals surface area contributed by atoms with Crippen LogP contribution < -0.4 is 10.5 Å². The van der Waals surface area contributed by atoms with Crippen LogP contribution in [0.3, 0.4) is 0 Å². The van der Waals surface area contributed by atoms with Crippen molar-refractivity contribution in [2.45, 2.75) is 20.5 Å². The van der Waals surface area contributed by atoms with Crippen LogP contribution in [0.5, 0.6) is 5.75 Å². The standard InChI is InChI=1S/C15H17NO.ClH/c1-11-8-14(9-12(2)15(11)16)17-10-13-6-4-3-5-7-13;/h3-9H,10,16H2,1-2H3;1H. The number of halogens is 1. The number of benzene rings is 2. The molecule has 2 N–H and O–H groups in total. The predicted molar refractivity (Wildman–Crippen MR) is 78.4 cm³/mol. The van der Waals surface area contributed by atoms with E-state index in [4.69, 9.17) is 10.5 Å². The number of hydrogen-bond donors (Lipinski definition) is 1. The van der Waals surface area contributed by atoms with Crippen molar-refractivity contribution >= 4 is 18.1 Å². The molecule has 2 nitrogen and oxygen atoms in total. The van der Waals surface area contributed by atoms with Gasteiger partial charge >= 0.3 is 0 Å². The van der Waals surface area contributed by atoms with Crippen molar-refractivity contribution in [3.05, 3.63) is 59.2 Å². The molecule has 0 atom stereocenters. The van der Waals surface area contributed by atoms with E-state index in [-0.39, 0.29) is 12.4 Å². The maximum absolute atomic E-state index is 5.90. The Morgan fingerprint density at radius 1 is 1.00 bits per heavy atom. The highest BCUT2D eigenvalue weighted by Gasteiger charge is 2.02. The number of aryl methyl sites for hydroxylation is 2. The number of nitrogen functional groups attached to an aromatic ring is 1. The lowest BCUT2D eigenvalue weighted by molar-refractivity contribution is 0.306. The molecule has 0 fully saturated rings. The molecule has 2 rings (SSSR count). The van der Waals surface area contributed by atoms with Crippen LogP contribution in [0.2, 0.25) is 0 Å². The highest BCUT2D eigenvalue weighted by molar-refractivity contribution is 5.85. The first-order valence-corrected chi connectivity index (χ1v) is 5.70. The molecule has 2 aromatic rings. The SMILES string of the molecule is Cc1cc(OCc2ccccc2)cc(C)c1N.Cl. The average molecular weight is 264 g/mol. The Morgan fingerprint density at radius 2 is 1.56 bits per heavy atom. The van der Waals surface area contributed by atoms with Crippen LogP contribution in [0.15, 0.2) is 42.5 Å². The summed E-state index contributed by atoms with van der Waals surface area (Å²) >= 11 is 0. The van der Waals surface area contributed by atoms with Crippen LogP contribution in [0.1, 0.15) is 16.7 Å². The summed E-state index contributed by atoms with van der Waals surface area (Å²) in [5.41, 5.74) is 10.0. The third-order valence-corrected chi connectivity index (χ3v) is 2.82. The normalized spacial score (nSPS) is 9.67. The van der Waals surface area contributed by atoms with E-state index >= 15 is 0 Å². The van der Waals surface area contributed by atoms with Crippen LogP contribution in [0.4, 0.5) is 5.69 Å². The predicted octanol–water partition coefficient (Wildman–Crippen LogP) is 3.89. The van der Waals surface area contributed by atoms with Gasteiger partial charge in [-0.15, -0.1) is 12.4 Å². The van der Waals surface area contributed by atoms with Gasteiger partial charge in [0.1, 0.15) is 12.4 Å². The summed E-state index contributed by atoms with van der Waals surface area (Å²) in [6.45, 7) is 4.58. The van der Waals surface area contributed by atoms with Crippen LogP contribution >= 0.6 is 12.4 Å². The van der Waals surface area contributed by atoms with Gasteiger partial charge in [-0.2, -0.15) is 0 Å². The van der Waals surface area contributed by atoms with Crippen LogP contribution in [-0.4, -0.2) is 0 Å². The van der Waals surface area contributed by atoms with Gasteiger partial charge in [0.25, 0.3) is 0 Å². The maximum Gasteiger partial charge on any atom is 0.120 e. The van der Waals surface area contributed by atoms with Gasteiger partial charge in [0.15, 0.2) is 0 Å². The zero-order chi connectivity index (χ0) is 12.3. The first kappa shape index (κ1) is 14.4. The van der Waals surface area contributed by atoms with Gasteiger partial charge in [0, 0.05) is 5.69 Å². The van der Waals surface area contributed by atoms with Crippen LogP contribution in [-0.2, 0) is 6.61 Å². The fourth-order valence-electron chi connectivity index (χ4n) is 1.76. The van der Waals surface area contributed by atoms with Gasteiger partial charge in [-0.05, 0) is 42.7 Å². The smallest absolute Gasteiger partial charge is 0.120 e. The molecule has 3 heteroatoms. The fourth-order valence-corrected chi connectivity index (χ4v) is 1.76. The third kappa shape index (κ3) is 3.41. The molecule has 96 valence electrons. The number of rotatable bonds is 3. The molecule has 0 saturated heterocycles. The summed E-state index contributed by atoms with van der Waals surface area (Å²) in [7, 11) is 0. The summed E-state index contributed by atoms with van der Waals surface area (Å²) in [5, 5.41) is 0. The Bertz CT molecular complexity index is 488. The Kier molecular flexibility index (Phi) is 5.05. The molecule has 0 saturated carbocycles. The highest BCUT2D eigenvalue weighted by atomic mass is 35.5. The molecule has 0 aliphatic rings. The largest absolute Gasteiger partial charge is 0.489 e. The zero-order valence-electron chi connectivity index (χ0n) is 10.6. The Hall–Kier alpha value is -1.67. The van der Waals surface area contributed by atoms with Crippen molar-refractivity contribution < 1.29 is 4.74 Å². The molecule has 0 radical (unpaired) electrons. The van der Waals surface area contributed by atoms with Gasteiger partial charge in [-0.3, -0.25) is 0 Å². The first-order chi connectivity index (χ1) is 8.16. The summed E-state index contributed by atoms with van der Waals surface area (Å²) in [4.78, 5) is 0. The van der Waals surface area contributed by atoms with Gasteiger partial charge in [-0.1, -0.05) is 30.3 Å². The minimum absolute atomic E-state index is 0. The summed E-state index contributed by atoms with van der Waals surface area (Å²) in [6.07, 6.45) is 0. The van der Waals surface area contributed by atoms with Crippen molar-refractivity contribution in [1.29, 1.82) is 0 Å². The van der Waals surface area contributed by atoms with Crippen molar-refractivity contribution in [1.82, 2.24) is 0 Å². The van der Waals surface area contributed by atoms with Gasteiger partial charge < -0.3 is 10.5 Å². The second kappa shape index (κ2) is 6.31. The Labute approximate surface area is 114 Å². The highest BCUT2D eigenvalue weighted by Crippen LogP contribution is 2.24. The number of ether oxygens (including phenoxy) is 1. The second-order valence-electron chi connectivity index (χ2n) is 4.25. The molecule has 0 heterocycles. The van der Waals surface area contributed by atoms with E-state index in [9.17, 15) is 0 Å². The molecule has 2 aromatic carbocycles. The average Bonchev–Trinajstić information content (AvgIpc) is 2.34. The van der Waals surface area contributed by atoms with Crippen LogP contribution in [0, 0.1) is 13.8 Å². The molecule has 18 heavy (non-hydrogen) atoms. The molecular weight excluding hydrogens is 246 g/mol. The van der Waals surface area contributed by atoms with E-state index in [0.29, 0.717) is 6.61 Å². The number of hydrogen-bond acceptors (Lipinski definition) is 2. The van der Waals surface area contributed by atoms with Crippen molar-refractivity contribution in [3.8, 4) is 5.75 Å². The maximum atomic E-state index is 5.90. The molecule has 0 amide bonds. The van der Waals surface area contributed by atoms with E-state index in [1.165, 1.54) is 5.56 Å². The number of nitrogens with two attached hydrogens (primary N) is 1. The van der Waals surface area contributed by atoms with Gasteiger partial charge in [-0.25, -0.2) is 0 Å². The number of anilines is 1. The lowest BCUT2D eigenvalue weighted by atomic mass is 10.1. The molecule has 0 aromatic heterocycles.